The Morgan fingerprint density at radius 2 is 1.88 bits per heavy atom. The molecule has 0 saturated carbocycles. The fourth-order valence-corrected chi connectivity index (χ4v) is 5.13. The Bertz CT molecular complexity index is 930. The summed E-state index contributed by atoms with van der Waals surface area (Å²) in [5.74, 6) is 1.05. The lowest BCUT2D eigenvalue weighted by atomic mass is 9.99. The molecule has 0 bridgehead atoms. The minimum atomic E-state index is 0.190. The molecule has 26 heavy (non-hydrogen) atoms. The Morgan fingerprint density at radius 1 is 1.04 bits per heavy atom. The molecule has 1 amide bonds. The van der Waals surface area contributed by atoms with E-state index in [0.29, 0.717) is 0 Å². The number of pyridine rings is 1. The topological polar surface area (TPSA) is 53.7 Å². The molecule has 134 valence electrons. The molecule has 1 aliphatic carbocycles. The van der Waals surface area contributed by atoms with Gasteiger partial charge in [-0.05, 0) is 49.4 Å². The third-order valence-electron chi connectivity index (χ3n) is 5.35. The molecular formula is C19H21N5OS. The van der Waals surface area contributed by atoms with Crippen LogP contribution in [-0.2, 0) is 12.8 Å². The first-order chi connectivity index (χ1) is 12.8. The number of thiophene rings is 1. The highest BCUT2D eigenvalue weighted by molar-refractivity contribution is 7.14. The number of rotatable bonds is 2. The Balaban J connectivity index is 1.29. The van der Waals surface area contributed by atoms with E-state index in [1.54, 1.807) is 11.3 Å². The number of hydrogen-bond acceptors (Lipinski definition) is 5. The molecule has 1 saturated heterocycles. The van der Waals surface area contributed by atoms with E-state index >= 15 is 0 Å². The van der Waals surface area contributed by atoms with Crippen LogP contribution >= 0.6 is 11.3 Å². The number of amides is 1. The third-order valence-corrected chi connectivity index (χ3v) is 6.58. The van der Waals surface area contributed by atoms with Crippen LogP contribution in [0.15, 0.2) is 30.5 Å². The molecule has 0 atom stereocenters. The van der Waals surface area contributed by atoms with E-state index in [0.717, 1.165) is 55.5 Å². The van der Waals surface area contributed by atoms with E-state index in [2.05, 4.69) is 21.2 Å². The summed E-state index contributed by atoms with van der Waals surface area (Å²) in [6.07, 6.45) is 6.76. The van der Waals surface area contributed by atoms with Gasteiger partial charge < -0.3 is 9.80 Å². The van der Waals surface area contributed by atoms with Gasteiger partial charge in [0.25, 0.3) is 5.91 Å². The number of anilines is 1. The van der Waals surface area contributed by atoms with Crippen molar-refractivity contribution in [3.8, 4) is 0 Å². The molecule has 4 heterocycles. The molecule has 0 radical (unpaired) electrons. The van der Waals surface area contributed by atoms with Gasteiger partial charge in [0.05, 0.1) is 4.88 Å². The molecule has 0 N–H and O–H groups in total. The molecule has 3 aromatic heterocycles. The molecule has 0 aromatic carbocycles. The Hall–Kier alpha value is -2.41. The number of hydrogen-bond donors (Lipinski definition) is 0. The first-order valence-corrected chi connectivity index (χ1v) is 10.1. The minimum absolute atomic E-state index is 0.190. The van der Waals surface area contributed by atoms with Crippen LogP contribution in [0.1, 0.15) is 33.0 Å². The SMILES string of the molecule is O=C(c1cc2c(s1)CCCC2)N1CCN(c2nnc3ccccn23)CC1. The van der Waals surface area contributed by atoms with Gasteiger partial charge in [0.15, 0.2) is 5.65 Å². The molecule has 1 aliphatic heterocycles. The van der Waals surface area contributed by atoms with Crippen molar-refractivity contribution in [2.24, 2.45) is 0 Å². The van der Waals surface area contributed by atoms with Crippen molar-refractivity contribution < 1.29 is 4.79 Å². The second kappa shape index (κ2) is 6.39. The highest BCUT2D eigenvalue weighted by Crippen LogP contribution is 2.30. The van der Waals surface area contributed by atoms with Gasteiger partial charge in [0.2, 0.25) is 5.95 Å². The highest BCUT2D eigenvalue weighted by atomic mass is 32.1. The molecule has 6 nitrogen and oxygen atoms in total. The van der Waals surface area contributed by atoms with Crippen molar-refractivity contribution in [1.82, 2.24) is 19.5 Å². The Morgan fingerprint density at radius 3 is 2.73 bits per heavy atom. The lowest BCUT2D eigenvalue weighted by Crippen LogP contribution is -2.49. The summed E-state index contributed by atoms with van der Waals surface area (Å²) in [5.41, 5.74) is 2.25. The largest absolute Gasteiger partial charge is 0.337 e. The molecular weight excluding hydrogens is 346 g/mol. The average Bonchev–Trinajstić information content (AvgIpc) is 3.32. The van der Waals surface area contributed by atoms with Crippen LogP contribution in [0.2, 0.25) is 0 Å². The first-order valence-electron chi connectivity index (χ1n) is 9.25. The molecule has 1 fully saturated rings. The van der Waals surface area contributed by atoms with Crippen molar-refractivity contribution in [3.05, 3.63) is 45.8 Å². The zero-order valence-electron chi connectivity index (χ0n) is 14.6. The van der Waals surface area contributed by atoms with Crippen molar-refractivity contribution in [3.63, 3.8) is 0 Å². The summed E-state index contributed by atoms with van der Waals surface area (Å²) in [6, 6.07) is 8.04. The van der Waals surface area contributed by atoms with Crippen LogP contribution in [-0.4, -0.2) is 51.6 Å². The maximum atomic E-state index is 12.9. The van der Waals surface area contributed by atoms with Gasteiger partial charge in [-0.15, -0.1) is 21.5 Å². The predicted octanol–water partition coefficient (Wildman–Crippen LogP) is 2.63. The summed E-state index contributed by atoms with van der Waals surface area (Å²) in [6.45, 7) is 3.02. The van der Waals surface area contributed by atoms with Gasteiger partial charge in [-0.25, -0.2) is 0 Å². The normalized spacial score (nSPS) is 17.5. The summed E-state index contributed by atoms with van der Waals surface area (Å²) in [7, 11) is 0. The van der Waals surface area contributed by atoms with E-state index in [-0.39, 0.29) is 5.91 Å². The number of aromatic nitrogens is 3. The predicted molar refractivity (Wildman–Crippen MR) is 102 cm³/mol. The summed E-state index contributed by atoms with van der Waals surface area (Å²) < 4.78 is 2.00. The number of carbonyl (C=O) groups excluding carboxylic acids is 1. The standard InChI is InChI=1S/C19H21N5OS/c25-18(16-13-14-5-1-2-6-15(14)26-16)22-9-11-23(12-10-22)19-21-20-17-7-3-4-8-24(17)19/h3-4,7-8,13H,1-2,5-6,9-12H2. The molecule has 0 spiro atoms. The maximum Gasteiger partial charge on any atom is 0.264 e. The van der Waals surface area contributed by atoms with Gasteiger partial charge >= 0.3 is 0 Å². The lowest BCUT2D eigenvalue weighted by molar-refractivity contribution is 0.0751. The van der Waals surface area contributed by atoms with Crippen molar-refractivity contribution in [2.45, 2.75) is 25.7 Å². The third kappa shape index (κ3) is 2.67. The molecule has 0 unspecified atom stereocenters. The van der Waals surface area contributed by atoms with E-state index in [4.69, 9.17) is 0 Å². The van der Waals surface area contributed by atoms with E-state index in [1.165, 1.54) is 23.3 Å². The van der Waals surface area contributed by atoms with Gasteiger partial charge in [0.1, 0.15) is 0 Å². The van der Waals surface area contributed by atoms with Crippen LogP contribution < -0.4 is 4.90 Å². The number of carbonyl (C=O) groups is 1. The van der Waals surface area contributed by atoms with Crippen molar-refractivity contribution >= 4 is 28.8 Å². The average molecular weight is 367 g/mol. The summed E-state index contributed by atoms with van der Waals surface area (Å²) >= 11 is 1.71. The fraction of sp³-hybridized carbons (Fsp3) is 0.421. The van der Waals surface area contributed by atoms with E-state index in [1.807, 2.05) is 33.7 Å². The highest BCUT2D eigenvalue weighted by Gasteiger charge is 2.26. The van der Waals surface area contributed by atoms with E-state index in [9.17, 15) is 4.79 Å². The zero-order valence-corrected chi connectivity index (χ0v) is 15.4. The first kappa shape index (κ1) is 15.8. The summed E-state index contributed by atoms with van der Waals surface area (Å²) in [4.78, 5) is 19.4. The number of aryl methyl sites for hydroxylation is 2. The van der Waals surface area contributed by atoms with Gasteiger partial charge in [0, 0.05) is 37.3 Å². The van der Waals surface area contributed by atoms with E-state index < -0.39 is 0 Å². The van der Waals surface area contributed by atoms with Crippen LogP contribution in [0.25, 0.3) is 5.65 Å². The monoisotopic (exact) mass is 367 g/mol. The van der Waals surface area contributed by atoms with Crippen molar-refractivity contribution in [2.75, 3.05) is 31.1 Å². The molecule has 2 aliphatic rings. The van der Waals surface area contributed by atoms with Gasteiger partial charge in [-0.3, -0.25) is 9.20 Å². The zero-order chi connectivity index (χ0) is 17.5. The van der Waals surface area contributed by atoms with Crippen LogP contribution in [0.3, 0.4) is 0 Å². The second-order valence-corrected chi connectivity index (χ2v) is 8.11. The quantitative estimate of drug-likeness (QED) is 0.699. The summed E-state index contributed by atoms with van der Waals surface area (Å²) in [5, 5.41) is 8.55. The van der Waals surface area contributed by atoms with Crippen molar-refractivity contribution in [1.29, 1.82) is 0 Å². The minimum Gasteiger partial charge on any atom is -0.337 e. The van der Waals surface area contributed by atoms with Gasteiger partial charge in [-0.1, -0.05) is 6.07 Å². The number of nitrogens with zero attached hydrogens (tertiary/aromatic N) is 5. The Labute approximate surface area is 156 Å². The van der Waals surface area contributed by atoms with Crippen LogP contribution in [0.5, 0.6) is 0 Å². The molecule has 3 aromatic rings. The van der Waals surface area contributed by atoms with Crippen LogP contribution in [0, 0.1) is 0 Å². The number of piperazine rings is 1. The van der Waals surface area contributed by atoms with Gasteiger partial charge in [-0.2, -0.15) is 0 Å². The molecule has 7 heteroatoms. The van der Waals surface area contributed by atoms with Crippen LogP contribution in [0.4, 0.5) is 5.95 Å². The maximum absolute atomic E-state index is 12.9. The molecule has 5 rings (SSSR count). The number of fused-ring (bicyclic) bond motifs is 2. The second-order valence-electron chi connectivity index (χ2n) is 6.97. The lowest BCUT2D eigenvalue weighted by Gasteiger charge is -2.34. The Kier molecular flexibility index (Phi) is 3.89. The smallest absolute Gasteiger partial charge is 0.264 e. The fourth-order valence-electron chi connectivity index (χ4n) is 3.91.